The summed E-state index contributed by atoms with van der Waals surface area (Å²) >= 11 is 18.4. The molecule has 0 heterocycles. The van der Waals surface area contributed by atoms with Crippen molar-refractivity contribution in [3.63, 3.8) is 0 Å². The van der Waals surface area contributed by atoms with Crippen LogP contribution in [0.1, 0.15) is 11.1 Å². The second-order valence-electron chi connectivity index (χ2n) is 4.83. The van der Waals surface area contributed by atoms with Gasteiger partial charge >= 0.3 is 24.4 Å². The first-order valence-electron chi connectivity index (χ1n) is 6.09. The molecule has 1 nitrogen and oxygen atoms in total. The van der Waals surface area contributed by atoms with Gasteiger partial charge in [0.2, 0.25) is 0 Å². The minimum Gasteiger partial charge on any atom is -0.405 e. The van der Waals surface area contributed by atoms with Crippen molar-refractivity contribution in [1.82, 2.24) is 0 Å². The lowest BCUT2D eigenvalue weighted by Gasteiger charge is -2.33. The van der Waals surface area contributed by atoms with Gasteiger partial charge in [0.05, 0.1) is 0 Å². The monoisotopic (exact) mass is 537 g/mol. The summed E-state index contributed by atoms with van der Waals surface area (Å²) < 4.78 is 129. The molecule has 0 aromatic heterocycles. The Morgan fingerprint density at radius 3 is 1.67 bits per heavy atom. The van der Waals surface area contributed by atoms with E-state index in [1.165, 1.54) is 0 Å². The van der Waals surface area contributed by atoms with Crippen LogP contribution < -0.4 is 4.74 Å². The smallest absolute Gasteiger partial charge is 0.405 e. The van der Waals surface area contributed by atoms with Crippen molar-refractivity contribution in [2.75, 3.05) is 0 Å². The van der Waals surface area contributed by atoms with Crippen LogP contribution in [0.4, 0.5) is 43.9 Å². The van der Waals surface area contributed by atoms with Crippen LogP contribution in [0, 0.1) is 6.07 Å². The molecule has 0 aliphatic heterocycles. The molecular weight excluding hydrogens is 536 g/mol. The molecule has 0 aliphatic carbocycles. The fourth-order valence-electron chi connectivity index (χ4n) is 1.88. The molecular formula is C12H3BrCl3F10O. The minimum atomic E-state index is -6.62. The molecule has 1 rings (SSSR count). The zero-order valence-corrected chi connectivity index (χ0v) is 15.8. The fraction of sp³-hybridized carbons (Fsp3) is 0.500. The number of ether oxygens (including phenoxy) is 1. The molecule has 0 aliphatic rings. The third-order valence-corrected chi connectivity index (χ3v) is 3.93. The molecule has 0 spiro atoms. The zero-order chi connectivity index (χ0) is 21.6. The van der Waals surface area contributed by atoms with Crippen LogP contribution in [0.2, 0.25) is 0 Å². The molecule has 1 radical (unpaired) electrons. The fourth-order valence-corrected chi connectivity index (χ4v) is 2.83. The van der Waals surface area contributed by atoms with E-state index < -0.39 is 62.0 Å². The van der Waals surface area contributed by atoms with Gasteiger partial charge in [-0.3, -0.25) is 0 Å². The van der Waals surface area contributed by atoms with Crippen LogP contribution >= 0.6 is 50.7 Å². The van der Waals surface area contributed by atoms with Gasteiger partial charge < -0.3 is 4.74 Å². The maximum atomic E-state index is 14.4. The number of hydrogen-bond donors (Lipinski definition) is 0. The first-order valence-corrected chi connectivity index (χ1v) is 8.02. The third kappa shape index (κ3) is 5.83. The summed E-state index contributed by atoms with van der Waals surface area (Å²) in [5, 5.41) is 0. The van der Waals surface area contributed by atoms with E-state index in [9.17, 15) is 43.9 Å². The van der Waals surface area contributed by atoms with Gasteiger partial charge in [0.1, 0.15) is 5.75 Å². The largest absolute Gasteiger partial charge is 0.573 e. The summed E-state index contributed by atoms with van der Waals surface area (Å²) in [6.45, 7) is 0. The van der Waals surface area contributed by atoms with Crippen molar-refractivity contribution in [2.45, 2.75) is 34.6 Å². The second kappa shape index (κ2) is 7.49. The first-order chi connectivity index (χ1) is 11.7. The third-order valence-electron chi connectivity index (χ3n) is 2.85. The average molecular weight is 539 g/mol. The summed E-state index contributed by atoms with van der Waals surface area (Å²) in [4.78, 5) is 0. The van der Waals surface area contributed by atoms with Gasteiger partial charge in [-0.1, -0.05) is 34.8 Å². The average Bonchev–Trinajstić information content (AvgIpc) is 2.34. The van der Waals surface area contributed by atoms with Crippen LogP contribution in [0.15, 0.2) is 10.5 Å². The van der Waals surface area contributed by atoms with E-state index in [2.05, 4.69) is 20.7 Å². The van der Waals surface area contributed by atoms with E-state index in [4.69, 9.17) is 34.8 Å². The summed E-state index contributed by atoms with van der Waals surface area (Å²) in [7, 11) is 0. The quantitative estimate of drug-likeness (QED) is 0.288. The molecule has 15 heteroatoms. The highest BCUT2D eigenvalue weighted by atomic mass is 79.9. The van der Waals surface area contributed by atoms with Crippen molar-refractivity contribution in [3.8, 4) is 5.75 Å². The van der Waals surface area contributed by atoms with E-state index >= 15 is 0 Å². The highest BCUT2D eigenvalue weighted by Crippen LogP contribution is 2.56. The molecule has 0 unspecified atom stereocenters. The number of alkyl halides is 13. The summed E-state index contributed by atoms with van der Waals surface area (Å²) in [6.07, 6.45) is -20.0. The zero-order valence-electron chi connectivity index (χ0n) is 12.0. The summed E-state index contributed by atoms with van der Waals surface area (Å²) in [6, 6.07) is 1.21. The SMILES string of the molecule is FC(F)(F)Oc1[c]c(Br)c(CC(Cl)(Cl)Cl)c(C(F)(C(F)(F)F)C(F)(F)F)c1. The lowest BCUT2D eigenvalue weighted by Crippen LogP contribution is -2.51. The Balaban J connectivity index is 3.88. The Morgan fingerprint density at radius 2 is 1.33 bits per heavy atom. The molecule has 155 valence electrons. The maximum Gasteiger partial charge on any atom is 0.573 e. The van der Waals surface area contributed by atoms with Gasteiger partial charge in [-0.05, 0) is 27.6 Å². The molecule has 0 saturated carbocycles. The van der Waals surface area contributed by atoms with Crippen molar-refractivity contribution < 1.29 is 48.6 Å². The Kier molecular flexibility index (Phi) is 6.85. The first kappa shape index (κ1) is 24.7. The number of rotatable bonds is 3. The van der Waals surface area contributed by atoms with Crippen molar-refractivity contribution in [3.05, 3.63) is 27.7 Å². The van der Waals surface area contributed by atoms with Gasteiger partial charge in [-0.25, -0.2) is 4.39 Å². The van der Waals surface area contributed by atoms with Crippen LogP contribution in [-0.2, 0) is 12.1 Å². The Bertz CT molecular complexity index is 679. The van der Waals surface area contributed by atoms with Gasteiger partial charge in [0.25, 0.3) is 0 Å². The topological polar surface area (TPSA) is 9.23 Å². The van der Waals surface area contributed by atoms with E-state index in [1.807, 2.05) is 0 Å². The maximum absolute atomic E-state index is 14.4. The number of hydrogen-bond acceptors (Lipinski definition) is 1. The number of halogens is 14. The van der Waals surface area contributed by atoms with Crippen LogP contribution in [0.25, 0.3) is 0 Å². The molecule has 27 heavy (non-hydrogen) atoms. The van der Waals surface area contributed by atoms with E-state index in [-0.39, 0.29) is 0 Å². The van der Waals surface area contributed by atoms with E-state index in [1.54, 1.807) is 6.07 Å². The van der Waals surface area contributed by atoms with Crippen LogP contribution in [0.5, 0.6) is 5.75 Å². The van der Waals surface area contributed by atoms with Crippen molar-refractivity contribution in [1.29, 1.82) is 0 Å². The van der Waals surface area contributed by atoms with Gasteiger partial charge in [-0.2, -0.15) is 26.3 Å². The minimum absolute atomic E-state index is 0.453. The van der Waals surface area contributed by atoms with Crippen molar-refractivity contribution >= 4 is 50.7 Å². The molecule has 0 saturated heterocycles. The predicted octanol–water partition coefficient (Wildman–Crippen LogP) is 7.35. The van der Waals surface area contributed by atoms with Gasteiger partial charge in [-0.15, -0.1) is 13.2 Å². The lowest BCUT2D eigenvalue weighted by atomic mass is 9.88. The van der Waals surface area contributed by atoms with Gasteiger partial charge in [0, 0.05) is 22.5 Å². The molecule has 0 fully saturated rings. The van der Waals surface area contributed by atoms with Crippen molar-refractivity contribution in [2.24, 2.45) is 0 Å². The summed E-state index contributed by atoms with van der Waals surface area (Å²) in [5.74, 6) is -1.67. The van der Waals surface area contributed by atoms with Gasteiger partial charge in [0.15, 0.2) is 3.79 Å². The molecule has 0 atom stereocenters. The normalized spacial score (nSPS) is 14.4. The molecule has 0 amide bonds. The lowest BCUT2D eigenvalue weighted by molar-refractivity contribution is -0.349. The second-order valence-corrected chi connectivity index (χ2v) is 8.14. The number of benzene rings is 1. The highest BCUT2D eigenvalue weighted by molar-refractivity contribution is 9.10. The van der Waals surface area contributed by atoms with E-state index in [0.29, 0.717) is 0 Å². The predicted molar refractivity (Wildman–Crippen MR) is 78.6 cm³/mol. The molecule has 0 bridgehead atoms. The Labute approximate surface area is 167 Å². The summed E-state index contributed by atoms with van der Waals surface area (Å²) in [5.41, 5.74) is -9.60. The van der Waals surface area contributed by atoms with Crippen LogP contribution in [-0.4, -0.2) is 22.5 Å². The Hall–Kier alpha value is -0.330. The molecule has 0 N–H and O–H groups in total. The molecule has 1 aromatic rings. The highest BCUT2D eigenvalue weighted by Gasteiger charge is 2.74. The standard InChI is InChI=1S/C12H3BrCl3F10O/c13-7-2-4(27-12(24,25)26)1-6(5(7)3-8(14,15)16)9(17,10(18,19)20)11(21,22)23/h1H,3H2. The molecule has 1 aromatic carbocycles. The van der Waals surface area contributed by atoms with E-state index in [0.717, 1.165) is 0 Å². The van der Waals surface area contributed by atoms with Crippen LogP contribution in [0.3, 0.4) is 0 Å². The Morgan fingerprint density at radius 1 is 0.889 bits per heavy atom.